The Morgan fingerprint density at radius 3 is 2.17 bits per heavy atom. The SMILES string of the molecule is CC(=O)Nc1ccc(NC(=O)c2cc3cccc(C)c3n2C)cc1. The standard InChI is InChI=1S/C19H19N3O2/c1-12-5-4-6-14-11-17(22(3)18(12)14)19(24)21-16-9-7-15(8-10-16)20-13(2)23/h4-11H,1-3H3,(H,20,23)(H,21,24). The minimum atomic E-state index is -0.166. The van der Waals surface area contributed by atoms with E-state index in [0.29, 0.717) is 17.1 Å². The van der Waals surface area contributed by atoms with Crippen LogP contribution < -0.4 is 10.6 Å². The number of para-hydroxylation sites is 1. The first-order valence-electron chi connectivity index (χ1n) is 7.70. The Kier molecular flexibility index (Phi) is 4.08. The lowest BCUT2D eigenvalue weighted by Gasteiger charge is -2.08. The highest BCUT2D eigenvalue weighted by Crippen LogP contribution is 2.23. The lowest BCUT2D eigenvalue weighted by atomic mass is 10.2. The third-order valence-corrected chi connectivity index (χ3v) is 3.95. The Morgan fingerprint density at radius 2 is 1.58 bits per heavy atom. The number of aromatic nitrogens is 1. The number of aryl methyl sites for hydroxylation is 2. The van der Waals surface area contributed by atoms with Gasteiger partial charge in [-0.25, -0.2) is 0 Å². The molecule has 0 atom stereocenters. The number of carbonyl (C=O) groups is 2. The molecule has 0 spiro atoms. The number of fused-ring (bicyclic) bond motifs is 1. The fraction of sp³-hybridized carbons (Fsp3) is 0.158. The van der Waals surface area contributed by atoms with Crippen LogP contribution >= 0.6 is 0 Å². The van der Waals surface area contributed by atoms with Crippen molar-refractivity contribution in [2.45, 2.75) is 13.8 Å². The number of rotatable bonds is 3. The molecule has 2 aromatic carbocycles. The zero-order valence-electron chi connectivity index (χ0n) is 13.9. The average Bonchev–Trinajstić information content (AvgIpc) is 2.87. The molecule has 0 saturated heterocycles. The van der Waals surface area contributed by atoms with E-state index >= 15 is 0 Å². The second-order valence-electron chi connectivity index (χ2n) is 5.81. The fourth-order valence-corrected chi connectivity index (χ4v) is 2.87. The van der Waals surface area contributed by atoms with Gasteiger partial charge < -0.3 is 15.2 Å². The summed E-state index contributed by atoms with van der Waals surface area (Å²) >= 11 is 0. The van der Waals surface area contributed by atoms with Crippen molar-refractivity contribution in [1.82, 2.24) is 4.57 Å². The number of carbonyl (C=O) groups excluding carboxylic acids is 2. The lowest BCUT2D eigenvalue weighted by Crippen LogP contribution is -2.15. The smallest absolute Gasteiger partial charge is 0.272 e. The van der Waals surface area contributed by atoms with Gasteiger partial charge in [-0.05, 0) is 42.8 Å². The third-order valence-electron chi connectivity index (χ3n) is 3.95. The van der Waals surface area contributed by atoms with E-state index in [1.165, 1.54) is 6.92 Å². The lowest BCUT2D eigenvalue weighted by molar-refractivity contribution is -0.114. The molecule has 2 N–H and O–H groups in total. The summed E-state index contributed by atoms with van der Waals surface area (Å²) in [5.74, 6) is -0.293. The van der Waals surface area contributed by atoms with E-state index in [-0.39, 0.29) is 11.8 Å². The Bertz CT molecular complexity index is 924. The molecule has 0 aliphatic heterocycles. The first kappa shape index (κ1) is 15.8. The van der Waals surface area contributed by atoms with E-state index in [2.05, 4.69) is 10.6 Å². The highest BCUT2D eigenvalue weighted by Gasteiger charge is 2.14. The van der Waals surface area contributed by atoms with Crippen LogP contribution in [0.1, 0.15) is 23.0 Å². The van der Waals surface area contributed by atoms with Gasteiger partial charge in [-0.3, -0.25) is 9.59 Å². The van der Waals surface area contributed by atoms with Crippen LogP contribution in [0.3, 0.4) is 0 Å². The summed E-state index contributed by atoms with van der Waals surface area (Å²) in [5.41, 5.74) is 4.17. The molecule has 5 heteroatoms. The van der Waals surface area contributed by atoms with Crippen LogP contribution in [-0.4, -0.2) is 16.4 Å². The number of nitrogens with zero attached hydrogens (tertiary/aromatic N) is 1. The summed E-state index contributed by atoms with van der Waals surface area (Å²) in [7, 11) is 1.89. The number of benzene rings is 2. The molecule has 0 fully saturated rings. The average molecular weight is 321 g/mol. The molecule has 0 aliphatic rings. The van der Waals surface area contributed by atoms with Gasteiger partial charge in [0.05, 0.1) is 5.52 Å². The van der Waals surface area contributed by atoms with Gasteiger partial charge >= 0.3 is 0 Å². The number of amides is 2. The van der Waals surface area contributed by atoms with Crippen molar-refractivity contribution in [3.63, 3.8) is 0 Å². The van der Waals surface area contributed by atoms with Crippen LogP contribution in [0.5, 0.6) is 0 Å². The van der Waals surface area contributed by atoms with Crippen molar-refractivity contribution in [2.75, 3.05) is 10.6 Å². The highest BCUT2D eigenvalue weighted by molar-refractivity contribution is 6.06. The minimum absolute atomic E-state index is 0.127. The molecule has 3 rings (SSSR count). The molecule has 2 amide bonds. The van der Waals surface area contributed by atoms with Gasteiger partial charge in [-0.15, -0.1) is 0 Å². The largest absolute Gasteiger partial charge is 0.339 e. The molecule has 24 heavy (non-hydrogen) atoms. The third kappa shape index (κ3) is 3.01. The molecule has 3 aromatic rings. The van der Waals surface area contributed by atoms with Gasteiger partial charge in [0.1, 0.15) is 5.69 Å². The molecular formula is C19H19N3O2. The molecule has 0 unspecified atom stereocenters. The monoisotopic (exact) mass is 321 g/mol. The maximum absolute atomic E-state index is 12.6. The zero-order valence-corrected chi connectivity index (χ0v) is 13.9. The van der Waals surface area contributed by atoms with Crippen molar-refractivity contribution < 1.29 is 9.59 Å². The van der Waals surface area contributed by atoms with Crippen molar-refractivity contribution in [1.29, 1.82) is 0 Å². The first-order valence-corrected chi connectivity index (χ1v) is 7.70. The van der Waals surface area contributed by atoms with Crippen molar-refractivity contribution in [3.05, 3.63) is 59.8 Å². The molecule has 0 bridgehead atoms. The normalized spacial score (nSPS) is 10.6. The molecule has 0 radical (unpaired) electrons. The molecule has 0 saturated carbocycles. The summed E-state index contributed by atoms with van der Waals surface area (Å²) in [6.07, 6.45) is 0. The van der Waals surface area contributed by atoms with Gasteiger partial charge in [0.25, 0.3) is 5.91 Å². The summed E-state index contributed by atoms with van der Waals surface area (Å²) in [5, 5.41) is 6.63. The molecule has 1 aromatic heterocycles. The Balaban J connectivity index is 1.84. The Hall–Kier alpha value is -3.08. The first-order chi connectivity index (χ1) is 11.5. The van der Waals surface area contributed by atoms with E-state index < -0.39 is 0 Å². The van der Waals surface area contributed by atoms with Gasteiger partial charge in [0.15, 0.2) is 0 Å². The quantitative estimate of drug-likeness (QED) is 0.772. The summed E-state index contributed by atoms with van der Waals surface area (Å²) < 4.78 is 1.91. The van der Waals surface area contributed by atoms with Gasteiger partial charge in [-0.2, -0.15) is 0 Å². The number of nitrogens with one attached hydrogen (secondary N) is 2. The fourth-order valence-electron chi connectivity index (χ4n) is 2.87. The number of hydrogen-bond acceptors (Lipinski definition) is 2. The highest BCUT2D eigenvalue weighted by atomic mass is 16.2. The molecule has 5 nitrogen and oxygen atoms in total. The van der Waals surface area contributed by atoms with Gasteiger partial charge in [0, 0.05) is 30.7 Å². The second-order valence-corrected chi connectivity index (χ2v) is 5.81. The Morgan fingerprint density at radius 1 is 0.958 bits per heavy atom. The predicted molar refractivity (Wildman–Crippen MR) is 96.4 cm³/mol. The number of anilines is 2. The van der Waals surface area contributed by atoms with Crippen LogP contribution in [0.2, 0.25) is 0 Å². The van der Waals surface area contributed by atoms with Gasteiger partial charge in [0.2, 0.25) is 5.91 Å². The van der Waals surface area contributed by atoms with Crippen LogP contribution in [0, 0.1) is 6.92 Å². The minimum Gasteiger partial charge on any atom is -0.339 e. The number of hydrogen-bond donors (Lipinski definition) is 2. The molecular weight excluding hydrogens is 302 g/mol. The van der Waals surface area contributed by atoms with Crippen molar-refractivity contribution in [3.8, 4) is 0 Å². The molecule has 1 heterocycles. The van der Waals surface area contributed by atoms with E-state index in [1.54, 1.807) is 24.3 Å². The van der Waals surface area contributed by atoms with Crippen molar-refractivity contribution in [2.24, 2.45) is 7.05 Å². The topological polar surface area (TPSA) is 63.1 Å². The summed E-state index contributed by atoms with van der Waals surface area (Å²) in [6.45, 7) is 3.49. The summed E-state index contributed by atoms with van der Waals surface area (Å²) in [4.78, 5) is 23.6. The van der Waals surface area contributed by atoms with Crippen LogP contribution in [0.25, 0.3) is 10.9 Å². The van der Waals surface area contributed by atoms with Crippen LogP contribution in [0.4, 0.5) is 11.4 Å². The van der Waals surface area contributed by atoms with Crippen LogP contribution in [0.15, 0.2) is 48.5 Å². The Labute approximate surface area is 140 Å². The van der Waals surface area contributed by atoms with E-state index in [4.69, 9.17) is 0 Å². The molecule has 122 valence electrons. The van der Waals surface area contributed by atoms with E-state index in [1.807, 2.05) is 42.8 Å². The van der Waals surface area contributed by atoms with Crippen LogP contribution in [-0.2, 0) is 11.8 Å². The maximum atomic E-state index is 12.6. The van der Waals surface area contributed by atoms with E-state index in [0.717, 1.165) is 16.5 Å². The van der Waals surface area contributed by atoms with Crippen molar-refractivity contribution >= 4 is 34.1 Å². The van der Waals surface area contributed by atoms with E-state index in [9.17, 15) is 9.59 Å². The molecule has 0 aliphatic carbocycles. The predicted octanol–water partition coefficient (Wildman–Crippen LogP) is 3.70. The van der Waals surface area contributed by atoms with Gasteiger partial charge in [-0.1, -0.05) is 18.2 Å². The zero-order chi connectivity index (χ0) is 17.3. The summed E-state index contributed by atoms with van der Waals surface area (Å²) in [6, 6.07) is 14.9. The second kappa shape index (κ2) is 6.20. The maximum Gasteiger partial charge on any atom is 0.272 e.